The van der Waals surface area contributed by atoms with E-state index in [0.29, 0.717) is 0 Å². The van der Waals surface area contributed by atoms with Gasteiger partial charge >= 0.3 is 0 Å². The van der Waals surface area contributed by atoms with Gasteiger partial charge in [-0.15, -0.1) is 0 Å². The number of rotatable bonds is 4. The zero-order chi connectivity index (χ0) is 10.6. The number of ether oxygens (including phenoxy) is 1. The van der Waals surface area contributed by atoms with Crippen LogP contribution < -0.4 is 0 Å². The van der Waals surface area contributed by atoms with E-state index in [2.05, 4.69) is 0 Å². The van der Waals surface area contributed by atoms with E-state index in [1.807, 2.05) is 18.2 Å². The molecule has 0 saturated heterocycles. The average Bonchev–Trinajstić information content (AvgIpc) is 2.14. The fourth-order valence-corrected chi connectivity index (χ4v) is 2.18. The van der Waals surface area contributed by atoms with E-state index in [1.165, 1.54) is 7.11 Å². The predicted octanol–water partition coefficient (Wildman–Crippen LogP) is 1.94. The molecule has 5 heteroatoms. The fourth-order valence-electron chi connectivity index (χ4n) is 1.15. The normalized spacial score (nSPS) is 13.9. The second-order valence-electron chi connectivity index (χ2n) is 2.84. The molecular formula is C9H11ClO3S. The third-order valence-corrected chi connectivity index (χ3v) is 2.89. The average molecular weight is 235 g/mol. The molecule has 0 bridgehead atoms. The summed E-state index contributed by atoms with van der Waals surface area (Å²) in [6.45, 7) is 0. The number of benzene rings is 1. The molecule has 0 aromatic heterocycles. The van der Waals surface area contributed by atoms with Gasteiger partial charge in [0.25, 0.3) is 0 Å². The molecule has 1 aromatic rings. The highest BCUT2D eigenvalue weighted by atomic mass is 35.7. The van der Waals surface area contributed by atoms with Crippen molar-refractivity contribution in [3.63, 3.8) is 0 Å². The van der Waals surface area contributed by atoms with E-state index in [4.69, 9.17) is 15.4 Å². The molecule has 0 fully saturated rings. The standard InChI is InChI=1S/C9H11ClO3S/c1-13-9(7-14(10,11)12)8-5-3-2-4-6-8/h2-6,9H,7H2,1H3. The number of methoxy groups -OCH3 is 1. The van der Waals surface area contributed by atoms with Crippen LogP contribution in [-0.2, 0) is 13.8 Å². The quantitative estimate of drug-likeness (QED) is 0.748. The molecule has 0 saturated carbocycles. The van der Waals surface area contributed by atoms with E-state index in [9.17, 15) is 8.42 Å². The Hall–Kier alpha value is -0.580. The lowest BCUT2D eigenvalue weighted by Crippen LogP contribution is -2.11. The lowest BCUT2D eigenvalue weighted by atomic mass is 10.1. The second kappa shape index (κ2) is 4.77. The van der Waals surface area contributed by atoms with Crippen LogP contribution in [0.5, 0.6) is 0 Å². The summed E-state index contributed by atoms with van der Waals surface area (Å²) in [7, 11) is 3.07. The van der Waals surface area contributed by atoms with E-state index in [1.54, 1.807) is 12.1 Å². The largest absolute Gasteiger partial charge is 0.376 e. The smallest absolute Gasteiger partial charge is 0.235 e. The lowest BCUT2D eigenvalue weighted by molar-refractivity contribution is 0.122. The molecule has 0 aliphatic rings. The Bertz CT molecular complexity index is 374. The Balaban J connectivity index is 2.84. The predicted molar refractivity (Wildman–Crippen MR) is 55.8 cm³/mol. The van der Waals surface area contributed by atoms with Crippen LogP contribution in [-0.4, -0.2) is 21.3 Å². The van der Waals surface area contributed by atoms with Gasteiger partial charge in [-0.3, -0.25) is 0 Å². The Morgan fingerprint density at radius 2 is 1.93 bits per heavy atom. The maximum absolute atomic E-state index is 10.9. The summed E-state index contributed by atoms with van der Waals surface area (Å²) in [5.41, 5.74) is 0.805. The van der Waals surface area contributed by atoms with E-state index >= 15 is 0 Å². The highest BCUT2D eigenvalue weighted by Crippen LogP contribution is 2.19. The van der Waals surface area contributed by atoms with Crippen molar-refractivity contribution in [3.05, 3.63) is 35.9 Å². The van der Waals surface area contributed by atoms with Gasteiger partial charge in [0.05, 0.1) is 11.9 Å². The molecule has 1 atom stereocenters. The minimum Gasteiger partial charge on any atom is -0.376 e. The van der Waals surface area contributed by atoms with Gasteiger partial charge in [-0.2, -0.15) is 0 Å². The molecule has 0 spiro atoms. The van der Waals surface area contributed by atoms with Crippen molar-refractivity contribution in [2.24, 2.45) is 0 Å². The molecule has 0 aliphatic heterocycles. The monoisotopic (exact) mass is 234 g/mol. The van der Waals surface area contributed by atoms with Crippen molar-refractivity contribution >= 4 is 19.7 Å². The SMILES string of the molecule is COC(CS(=O)(=O)Cl)c1ccccc1. The first-order chi connectivity index (χ1) is 6.53. The molecule has 3 nitrogen and oxygen atoms in total. The molecule has 0 heterocycles. The minimum atomic E-state index is -3.54. The molecule has 1 aromatic carbocycles. The Labute approximate surface area is 88.1 Å². The molecule has 78 valence electrons. The van der Waals surface area contributed by atoms with Crippen LogP contribution in [0, 0.1) is 0 Å². The van der Waals surface area contributed by atoms with Gasteiger partial charge in [-0.05, 0) is 5.56 Å². The maximum atomic E-state index is 10.9. The second-order valence-corrected chi connectivity index (χ2v) is 5.66. The summed E-state index contributed by atoms with van der Waals surface area (Å²) in [5, 5.41) is 0. The molecule has 1 unspecified atom stereocenters. The lowest BCUT2D eigenvalue weighted by Gasteiger charge is -2.13. The number of halogens is 1. The topological polar surface area (TPSA) is 43.4 Å². The van der Waals surface area contributed by atoms with Crippen LogP contribution in [0.2, 0.25) is 0 Å². The summed E-state index contributed by atoms with van der Waals surface area (Å²) in [5.74, 6) is -0.213. The van der Waals surface area contributed by atoms with Crippen LogP contribution in [0.25, 0.3) is 0 Å². The number of hydrogen-bond donors (Lipinski definition) is 0. The third-order valence-electron chi connectivity index (χ3n) is 1.81. The summed E-state index contributed by atoms with van der Waals surface area (Å²) >= 11 is 0. The molecule has 0 radical (unpaired) electrons. The van der Waals surface area contributed by atoms with Crippen molar-refractivity contribution in [1.29, 1.82) is 0 Å². The molecule has 1 rings (SSSR count). The maximum Gasteiger partial charge on any atom is 0.235 e. The summed E-state index contributed by atoms with van der Waals surface area (Å²) in [6, 6.07) is 9.10. The number of hydrogen-bond acceptors (Lipinski definition) is 3. The molecule has 0 aliphatic carbocycles. The zero-order valence-electron chi connectivity index (χ0n) is 7.68. The summed E-state index contributed by atoms with van der Waals surface area (Å²) in [6.07, 6.45) is -0.501. The zero-order valence-corrected chi connectivity index (χ0v) is 9.25. The van der Waals surface area contributed by atoms with Gasteiger partial charge in [0.15, 0.2) is 0 Å². The van der Waals surface area contributed by atoms with Crippen LogP contribution in [0.1, 0.15) is 11.7 Å². The van der Waals surface area contributed by atoms with Gasteiger partial charge < -0.3 is 4.74 Å². The first kappa shape index (κ1) is 11.5. The fraction of sp³-hybridized carbons (Fsp3) is 0.333. The van der Waals surface area contributed by atoms with Crippen LogP contribution in [0.3, 0.4) is 0 Å². The van der Waals surface area contributed by atoms with Crippen molar-refractivity contribution in [1.82, 2.24) is 0 Å². The van der Waals surface area contributed by atoms with E-state index in [0.717, 1.165) is 5.56 Å². The first-order valence-electron chi connectivity index (χ1n) is 4.03. The van der Waals surface area contributed by atoms with Crippen molar-refractivity contribution in [3.8, 4) is 0 Å². The van der Waals surface area contributed by atoms with Gasteiger partial charge in [0, 0.05) is 17.8 Å². The molecular weight excluding hydrogens is 224 g/mol. The van der Waals surface area contributed by atoms with Crippen molar-refractivity contribution < 1.29 is 13.2 Å². The van der Waals surface area contributed by atoms with Gasteiger partial charge in [0.1, 0.15) is 0 Å². The van der Waals surface area contributed by atoms with Crippen molar-refractivity contribution in [2.45, 2.75) is 6.10 Å². The summed E-state index contributed by atoms with van der Waals surface area (Å²) in [4.78, 5) is 0. The van der Waals surface area contributed by atoms with Gasteiger partial charge in [0.2, 0.25) is 9.05 Å². The van der Waals surface area contributed by atoms with Gasteiger partial charge in [-0.1, -0.05) is 30.3 Å². The Morgan fingerprint density at radius 3 is 2.36 bits per heavy atom. The first-order valence-corrected chi connectivity index (χ1v) is 6.51. The molecule has 14 heavy (non-hydrogen) atoms. The highest BCUT2D eigenvalue weighted by molar-refractivity contribution is 8.13. The minimum absolute atomic E-state index is 0.213. The van der Waals surface area contributed by atoms with Crippen LogP contribution in [0.15, 0.2) is 30.3 Å². The van der Waals surface area contributed by atoms with Gasteiger partial charge in [-0.25, -0.2) is 8.42 Å². The third kappa shape index (κ3) is 3.65. The Kier molecular flexibility index (Phi) is 3.92. The van der Waals surface area contributed by atoms with Crippen LogP contribution in [0.4, 0.5) is 0 Å². The van der Waals surface area contributed by atoms with E-state index < -0.39 is 15.2 Å². The van der Waals surface area contributed by atoms with Crippen molar-refractivity contribution in [2.75, 3.05) is 12.9 Å². The Morgan fingerprint density at radius 1 is 1.36 bits per heavy atom. The highest BCUT2D eigenvalue weighted by Gasteiger charge is 2.17. The molecule has 0 amide bonds. The summed E-state index contributed by atoms with van der Waals surface area (Å²) < 4.78 is 26.8. The van der Waals surface area contributed by atoms with Crippen LogP contribution >= 0.6 is 10.7 Å². The molecule has 0 N–H and O–H groups in total. The van der Waals surface area contributed by atoms with E-state index in [-0.39, 0.29) is 5.75 Å².